The molecule has 0 saturated carbocycles. The molecule has 10 nitrogen and oxygen atoms in total. The number of anilines is 1. The van der Waals surface area contributed by atoms with Crippen LogP contribution in [0.15, 0.2) is 44.8 Å². The third kappa shape index (κ3) is 3.42. The second kappa shape index (κ2) is 7.79. The van der Waals surface area contributed by atoms with Crippen LogP contribution in [0.1, 0.15) is 12.5 Å². The van der Waals surface area contributed by atoms with Crippen molar-refractivity contribution in [2.24, 2.45) is 7.05 Å². The van der Waals surface area contributed by atoms with Gasteiger partial charge in [-0.15, -0.1) is 0 Å². The van der Waals surface area contributed by atoms with Crippen molar-refractivity contribution in [2.75, 3.05) is 31.1 Å². The van der Waals surface area contributed by atoms with Crippen molar-refractivity contribution in [2.45, 2.75) is 20.0 Å². The van der Waals surface area contributed by atoms with Crippen LogP contribution in [0.25, 0.3) is 21.9 Å². The summed E-state index contributed by atoms with van der Waals surface area (Å²) in [4.78, 5) is 48.3. The molecule has 0 radical (unpaired) electrons. The van der Waals surface area contributed by atoms with Gasteiger partial charge in [-0.25, -0.2) is 9.78 Å². The van der Waals surface area contributed by atoms with Gasteiger partial charge < -0.3 is 9.88 Å². The molecule has 5 rings (SSSR count). The Morgan fingerprint density at radius 1 is 1.00 bits per heavy atom. The molecule has 1 aliphatic rings. The predicted octanol–water partition coefficient (Wildman–Crippen LogP) is 0.607. The number of fused-ring (bicyclic) bond motifs is 2. The fourth-order valence-electron chi connectivity index (χ4n) is 4.38. The highest BCUT2D eigenvalue weighted by atomic mass is 16.2. The fourth-order valence-corrected chi connectivity index (χ4v) is 4.38. The first kappa shape index (κ1) is 20.3. The first-order valence-corrected chi connectivity index (χ1v) is 10.7. The number of H-pyrrole nitrogens is 2. The third-order valence-corrected chi connectivity index (χ3v) is 6.17. The van der Waals surface area contributed by atoms with Gasteiger partial charge in [0.15, 0.2) is 5.52 Å². The number of piperazine rings is 1. The van der Waals surface area contributed by atoms with Crippen LogP contribution in [0, 0.1) is 0 Å². The Balaban J connectivity index is 1.29. The average Bonchev–Trinajstić information content (AvgIpc) is 3.07. The highest BCUT2D eigenvalue weighted by Gasteiger charge is 2.19. The number of aromatic nitrogens is 5. The minimum absolute atomic E-state index is 0.123. The lowest BCUT2D eigenvalue weighted by atomic mass is 10.1. The van der Waals surface area contributed by atoms with Crippen LogP contribution in [0.4, 0.5) is 5.69 Å². The van der Waals surface area contributed by atoms with E-state index in [1.807, 2.05) is 18.2 Å². The monoisotopic (exact) mass is 435 g/mol. The van der Waals surface area contributed by atoms with Crippen LogP contribution < -0.4 is 21.7 Å². The number of benzene rings is 1. The van der Waals surface area contributed by atoms with Crippen molar-refractivity contribution < 1.29 is 0 Å². The van der Waals surface area contributed by atoms with Gasteiger partial charge in [-0.1, -0.05) is 6.07 Å². The molecule has 0 spiro atoms. The smallest absolute Gasteiger partial charge is 0.328 e. The van der Waals surface area contributed by atoms with E-state index < -0.39 is 0 Å². The van der Waals surface area contributed by atoms with Crippen molar-refractivity contribution in [1.82, 2.24) is 29.2 Å². The van der Waals surface area contributed by atoms with Gasteiger partial charge in [0.1, 0.15) is 0 Å². The largest absolute Gasteiger partial charge is 0.368 e. The number of aromatic amines is 2. The molecule has 0 atom stereocenters. The molecular weight excluding hydrogens is 410 g/mol. The summed E-state index contributed by atoms with van der Waals surface area (Å²) in [5, 5.41) is 3.56. The molecule has 0 unspecified atom stereocenters. The lowest BCUT2D eigenvalue weighted by molar-refractivity contribution is 0.250. The number of pyridine rings is 1. The molecule has 10 heteroatoms. The van der Waals surface area contributed by atoms with Crippen molar-refractivity contribution in [3.8, 4) is 0 Å². The van der Waals surface area contributed by atoms with E-state index >= 15 is 0 Å². The second-order valence-electron chi connectivity index (χ2n) is 8.19. The number of nitrogens with one attached hydrogen (secondary N) is 2. The lowest BCUT2D eigenvalue weighted by Gasteiger charge is -2.36. The molecule has 0 amide bonds. The van der Waals surface area contributed by atoms with Gasteiger partial charge in [0.2, 0.25) is 0 Å². The van der Waals surface area contributed by atoms with Crippen LogP contribution in [0.5, 0.6) is 0 Å². The zero-order valence-corrected chi connectivity index (χ0v) is 18.1. The molecule has 166 valence electrons. The number of hydrogen-bond donors (Lipinski definition) is 2. The predicted molar refractivity (Wildman–Crippen MR) is 123 cm³/mol. The quantitative estimate of drug-likeness (QED) is 0.486. The van der Waals surface area contributed by atoms with Gasteiger partial charge in [0.25, 0.3) is 11.1 Å². The maximum absolute atomic E-state index is 12.5. The Labute approximate surface area is 182 Å². The molecule has 32 heavy (non-hydrogen) atoms. The van der Waals surface area contributed by atoms with Gasteiger partial charge >= 0.3 is 5.69 Å². The van der Waals surface area contributed by atoms with Crippen LogP contribution in [0.2, 0.25) is 0 Å². The van der Waals surface area contributed by atoms with E-state index in [-0.39, 0.29) is 16.8 Å². The molecule has 4 heterocycles. The highest BCUT2D eigenvalue weighted by Crippen LogP contribution is 2.20. The zero-order valence-electron chi connectivity index (χ0n) is 18.1. The molecule has 0 bridgehead atoms. The molecule has 1 fully saturated rings. The lowest BCUT2D eigenvalue weighted by Crippen LogP contribution is -2.46. The summed E-state index contributed by atoms with van der Waals surface area (Å²) in [6.07, 6.45) is 1.76. The standard InChI is InChI=1S/C22H25N7O3/c1-3-29-20(30)16-5-4-14(10-17(16)24-22(29)32)13-27-6-8-28(9-7-27)15-11-18-19(23-12-15)21(31)26(2)25-18/h4-5,10-12,25H,3,6-9,13H2,1-2H3,(H,24,32). The van der Waals surface area contributed by atoms with Gasteiger partial charge in [0.05, 0.1) is 28.3 Å². The summed E-state index contributed by atoms with van der Waals surface area (Å²) in [5.41, 5.74) is 3.07. The Hall–Kier alpha value is -3.66. The highest BCUT2D eigenvalue weighted by molar-refractivity contribution is 5.78. The number of nitrogens with zero attached hydrogens (tertiary/aromatic N) is 5. The molecule has 1 saturated heterocycles. The van der Waals surface area contributed by atoms with Crippen molar-refractivity contribution in [3.63, 3.8) is 0 Å². The van der Waals surface area contributed by atoms with Crippen LogP contribution in [-0.2, 0) is 20.1 Å². The van der Waals surface area contributed by atoms with Crippen molar-refractivity contribution >= 4 is 27.6 Å². The van der Waals surface area contributed by atoms with Crippen LogP contribution >= 0.6 is 0 Å². The average molecular weight is 435 g/mol. The van der Waals surface area contributed by atoms with Gasteiger partial charge in [-0.2, -0.15) is 0 Å². The Morgan fingerprint density at radius 3 is 2.53 bits per heavy atom. The van der Waals surface area contributed by atoms with Gasteiger partial charge in [-0.3, -0.25) is 28.8 Å². The van der Waals surface area contributed by atoms with E-state index in [2.05, 4.69) is 24.9 Å². The molecule has 2 N–H and O–H groups in total. The van der Waals surface area contributed by atoms with E-state index in [4.69, 9.17) is 0 Å². The molecule has 3 aromatic heterocycles. The minimum atomic E-state index is -0.374. The summed E-state index contributed by atoms with van der Waals surface area (Å²) < 4.78 is 2.65. The van der Waals surface area contributed by atoms with Gasteiger partial charge in [0, 0.05) is 46.3 Å². The number of rotatable bonds is 4. The van der Waals surface area contributed by atoms with E-state index in [1.54, 1.807) is 26.2 Å². The summed E-state index contributed by atoms with van der Waals surface area (Å²) >= 11 is 0. The molecule has 4 aromatic rings. The van der Waals surface area contributed by atoms with Crippen molar-refractivity contribution in [3.05, 3.63) is 67.2 Å². The Morgan fingerprint density at radius 2 is 1.78 bits per heavy atom. The first-order valence-electron chi connectivity index (χ1n) is 10.7. The van der Waals surface area contributed by atoms with E-state index in [9.17, 15) is 14.4 Å². The zero-order chi connectivity index (χ0) is 22.4. The van der Waals surface area contributed by atoms with Crippen LogP contribution in [0.3, 0.4) is 0 Å². The molecule has 1 aliphatic heterocycles. The number of hydrogen-bond acceptors (Lipinski definition) is 6. The van der Waals surface area contributed by atoms with E-state index in [0.29, 0.717) is 23.0 Å². The maximum Gasteiger partial charge on any atom is 0.328 e. The Bertz CT molecular complexity index is 1490. The SMILES string of the molecule is CCn1c(=O)[nH]c2cc(CN3CCN(c4cnc5c(=O)n(C)[nH]c5c4)CC3)ccc2c1=O. The summed E-state index contributed by atoms with van der Waals surface area (Å²) in [7, 11) is 1.68. The van der Waals surface area contributed by atoms with E-state index in [0.717, 1.165) is 49.5 Å². The topological polar surface area (TPSA) is 112 Å². The second-order valence-corrected chi connectivity index (χ2v) is 8.19. The summed E-state index contributed by atoms with van der Waals surface area (Å²) in [6, 6.07) is 7.63. The third-order valence-electron chi connectivity index (χ3n) is 6.17. The normalized spacial score (nSPS) is 15.1. The van der Waals surface area contributed by atoms with Crippen LogP contribution in [-0.4, -0.2) is 55.4 Å². The summed E-state index contributed by atoms with van der Waals surface area (Å²) in [5.74, 6) is 0. The first-order chi connectivity index (χ1) is 15.4. The van der Waals surface area contributed by atoms with Crippen molar-refractivity contribution in [1.29, 1.82) is 0 Å². The molecule has 1 aromatic carbocycles. The molecular formula is C22H25N7O3. The summed E-state index contributed by atoms with van der Waals surface area (Å²) in [6.45, 7) is 6.30. The van der Waals surface area contributed by atoms with Gasteiger partial charge in [-0.05, 0) is 30.7 Å². The Kier molecular flexibility index (Phi) is 4.93. The van der Waals surface area contributed by atoms with E-state index in [1.165, 1.54) is 9.25 Å². The fraction of sp³-hybridized carbons (Fsp3) is 0.364. The minimum Gasteiger partial charge on any atom is -0.368 e. The molecule has 0 aliphatic carbocycles. The maximum atomic E-state index is 12.5. The number of aryl methyl sites for hydroxylation is 1.